The Hall–Kier alpha value is -2.11. The van der Waals surface area contributed by atoms with Gasteiger partial charge in [-0.05, 0) is 19.1 Å². The van der Waals surface area contributed by atoms with E-state index >= 15 is 0 Å². The van der Waals surface area contributed by atoms with Crippen molar-refractivity contribution in [2.75, 3.05) is 25.1 Å². The Bertz CT molecular complexity index is 417. The van der Waals surface area contributed by atoms with Crippen LogP contribution in [0.15, 0.2) is 18.3 Å². The van der Waals surface area contributed by atoms with Crippen LogP contribution in [-0.4, -0.2) is 37.1 Å². The third-order valence-electron chi connectivity index (χ3n) is 2.55. The average Bonchev–Trinajstić information content (AvgIpc) is 2.39. The molecule has 0 atom stereocenters. The molecule has 98 valence electrons. The van der Waals surface area contributed by atoms with Gasteiger partial charge in [0, 0.05) is 19.3 Å². The van der Waals surface area contributed by atoms with Crippen LogP contribution >= 0.6 is 0 Å². The van der Waals surface area contributed by atoms with Crippen molar-refractivity contribution in [2.24, 2.45) is 5.73 Å². The Balaban J connectivity index is 2.70. The molecule has 0 aliphatic rings. The van der Waals surface area contributed by atoms with Gasteiger partial charge in [0.15, 0.2) is 0 Å². The summed E-state index contributed by atoms with van der Waals surface area (Å²) in [4.78, 5) is 28.1. The normalized spacial score (nSPS) is 9.89. The Morgan fingerprint density at radius 3 is 2.61 bits per heavy atom. The van der Waals surface area contributed by atoms with Crippen LogP contribution in [0, 0.1) is 0 Å². The lowest BCUT2D eigenvalue weighted by Crippen LogP contribution is -2.27. The van der Waals surface area contributed by atoms with E-state index in [1.165, 1.54) is 13.3 Å². The fourth-order valence-corrected chi connectivity index (χ4v) is 1.48. The fraction of sp³-hybridized carbons (Fsp3) is 0.417. The molecule has 0 saturated heterocycles. The Labute approximate surface area is 106 Å². The summed E-state index contributed by atoms with van der Waals surface area (Å²) in [6.45, 7) is 3.19. The number of pyridine rings is 1. The maximum Gasteiger partial charge on any atom is 0.307 e. The molecule has 1 heterocycles. The Morgan fingerprint density at radius 1 is 1.44 bits per heavy atom. The SMILES string of the molecule is CCN(CCC(=O)OC)c1ccc(C(N)=O)cn1. The molecular formula is C12H17N3O3. The zero-order valence-corrected chi connectivity index (χ0v) is 10.5. The molecule has 0 saturated carbocycles. The largest absolute Gasteiger partial charge is 0.469 e. The maximum atomic E-state index is 11.1. The number of amides is 1. The highest BCUT2D eigenvalue weighted by Gasteiger charge is 2.09. The lowest BCUT2D eigenvalue weighted by molar-refractivity contribution is -0.140. The van der Waals surface area contributed by atoms with Crippen LogP contribution in [0.4, 0.5) is 5.82 Å². The van der Waals surface area contributed by atoms with Crippen molar-refractivity contribution in [1.29, 1.82) is 0 Å². The lowest BCUT2D eigenvalue weighted by Gasteiger charge is -2.21. The lowest BCUT2D eigenvalue weighted by atomic mass is 10.2. The van der Waals surface area contributed by atoms with E-state index in [9.17, 15) is 9.59 Å². The van der Waals surface area contributed by atoms with E-state index in [1.807, 2.05) is 11.8 Å². The van der Waals surface area contributed by atoms with E-state index in [4.69, 9.17) is 5.73 Å². The second kappa shape index (κ2) is 6.58. The summed E-state index contributed by atoms with van der Waals surface area (Å²) in [5.74, 6) is -0.0692. The fourth-order valence-electron chi connectivity index (χ4n) is 1.48. The third kappa shape index (κ3) is 3.73. The highest BCUT2D eigenvalue weighted by atomic mass is 16.5. The molecule has 0 aliphatic heterocycles. The van der Waals surface area contributed by atoms with Gasteiger partial charge in [-0.2, -0.15) is 0 Å². The predicted molar refractivity (Wildman–Crippen MR) is 67.3 cm³/mol. The van der Waals surface area contributed by atoms with Crippen molar-refractivity contribution in [3.05, 3.63) is 23.9 Å². The molecule has 0 spiro atoms. The quantitative estimate of drug-likeness (QED) is 0.747. The minimum atomic E-state index is -0.508. The van der Waals surface area contributed by atoms with Crippen LogP contribution in [0.25, 0.3) is 0 Å². The van der Waals surface area contributed by atoms with Crippen molar-refractivity contribution in [3.63, 3.8) is 0 Å². The first kappa shape index (κ1) is 14.0. The first-order valence-electron chi connectivity index (χ1n) is 5.66. The average molecular weight is 251 g/mol. The highest BCUT2D eigenvalue weighted by molar-refractivity contribution is 5.92. The van der Waals surface area contributed by atoms with Crippen LogP contribution in [0.2, 0.25) is 0 Å². The Kier molecular flexibility index (Phi) is 5.10. The number of primary amides is 1. The number of hydrogen-bond acceptors (Lipinski definition) is 5. The summed E-state index contributed by atoms with van der Waals surface area (Å²) >= 11 is 0. The van der Waals surface area contributed by atoms with E-state index in [2.05, 4.69) is 9.72 Å². The number of ether oxygens (including phenoxy) is 1. The number of hydrogen-bond donors (Lipinski definition) is 1. The maximum absolute atomic E-state index is 11.1. The number of carbonyl (C=O) groups is 2. The molecule has 2 N–H and O–H groups in total. The highest BCUT2D eigenvalue weighted by Crippen LogP contribution is 2.11. The first-order valence-corrected chi connectivity index (χ1v) is 5.66. The third-order valence-corrected chi connectivity index (χ3v) is 2.55. The number of rotatable bonds is 6. The molecule has 6 nitrogen and oxygen atoms in total. The number of aromatic nitrogens is 1. The van der Waals surface area contributed by atoms with Crippen molar-refractivity contribution < 1.29 is 14.3 Å². The topological polar surface area (TPSA) is 85.5 Å². The molecule has 1 rings (SSSR count). The summed E-state index contributed by atoms with van der Waals surface area (Å²) < 4.78 is 4.58. The minimum Gasteiger partial charge on any atom is -0.469 e. The first-order chi connectivity index (χ1) is 8.58. The van der Waals surface area contributed by atoms with E-state index in [-0.39, 0.29) is 5.97 Å². The van der Waals surface area contributed by atoms with Gasteiger partial charge in [-0.1, -0.05) is 0 Å². The van der Waals surface area contributed by atoms with Gasteiger partial charge in [0.2, 0.25) is 5.91 Å². The summed E-state index contributed by atoms with van der Waals surface area (Å²) in [6, 6.07) is 3.33. The van der Waals surface area contributed by atoms with Gasteiger partial charge < -0.3 is 15.4 Å². The zero-order valence-electron chi connectivity index (χ0n) is 10.5. The molecule has 6 heteroatoms. The molecule has 18 heavy (non-hydrogen) atoms. The van der Waals surface area contributed by atoms with Gasteiger partial charge in [-0.25, -0.2) is 4.98 Å². The molecule has 0 aliphatic carbocycles. The molecule has 0 aromatic carbocycles. The molecule has 0 unspecified atom stereocenters. The van der Waals surface area contributed by atoms with Crippen molar-refractivity contribution in [1.82, 2.24) is 4.98 Å². The van der Waals surface area contributed by atoms with Crippen LogP contribution in [0.5, 0.6) is 0 Å². The van der Waals surface area contributed by atoms with Crippen LogP contribution < -0.4 is 10.6 Å². The molecular weight excluding hydrogens is 234 g/mol. The van der Waals surface area contributed by atoms with Crippen LogP contribution in [0.3, 0.4) is 0 Å². The van der Waals surface area contributed by atoms with E-state index in [0.717, 1.165) is 0 Å². The number of methoxy groups -OCH3 is 1. The summed E-state index contributed by atoms with van der Waals surface area (Å²) in [5.41, 5.74) is 5.50. The van der Waals surface area contributed by atoms with Gasteiger partial charge in [0.25, 0.3) is 0 Å². The number of carbonyl (C=O) groups excluding carboxylic acids is 2. The second-order valence-corrected chi connectivity index (χ2v) is 3.68. The van der Waals surface area contributed by atoms with Gasteiger partial charge in [0.05, 0.1) is 19.1 Å². The molecule has 0 bridgehead atoms. The summed E-state index contributed by atoms with van der Waals surface area (Å²) in [6.07, 6.45) is 1.72. The molecule has 1 aromatic rings. The Morgan fingerprint density at radius 2 is 2.17 bits per heavy atom. The van der Waals surface area contributed by atoms with E-state index in [1.54, 1.807) is 12.1 Å². The minimum absolute atomic E-state index is 0.262. The van der Waals surface area contributed by atoms with Crippen molar-refractivity contribution in [3.8, 4) is 0 Å². The van der Waals surface area contributed by atoms with Gasteiger partial charge in [-0.15, -0.1) is 0 Å². The monoisotopic (exact) mass is 251 g/mol. The zero-order chi connectivity index (χ0) is 13.5. The smallest absolute Gasteiger partial charge is 0.307 e. The molecule has 1 amide bonds. The van der Waals surface area contributed by atoms with E-state index in [0.29, 0.717) is 30.9 Å². The molecule has 0 fully saturated rings. The van der Waals surface area contributed by atoms with Crippen molar-refractivity contribution in [2.45, 2.75) is 13.3 Å². The second-order valence-electron chi connectivity index (χ2n) is 3.68. The number of nitrogens with two attached hydrogens (primary N) is 1. The van der Waals surface area contributed by atoms with E-state index < -0.39 is 5.91 Å². The summed E-state index contributed by atoms with van der Waals surface area (Å²) in [5, 5.41) is 0. The van der Waals surface area contributed by atoms with Crippen LogP contribution in [-0.2, 0) is 9.53 Å². The standard InChI is InChI=1S/C12H17N3O3/c1-3-15(7-6-11(16)18-2)10-5-4-9(8-14-10)12(13)17/h4-5,8H,3,6-7H2,1-2H3,(H2,13,17). The number of esters is 1. The molecule has 0 radical (unpaired) electrons. The predicted octanol–water partition coefficient (Wildman–Crippen LogP) is 0.570. The van der Waals surface area contributed by atoms with Gasteiger partial charge in [-0.3, -0.25) is 9.59 Å². The van der Waals surface area contributed by atoms with Gasteiger partial charge in [0.1, 0.15) is 5.82 Å². The number of nitrogens with zero attached hydrogens (tertiary/aromatic N) is 2. The van der Waals surface area contributed by atoms with Gasteiger partial charge >= 0.3 is 5.97 Å². The number of anilines is 1. The van der Waals surface area contributed by atoms with Crippen molar-refractivity contribution >= 4 is 17.7 Å². The van der Waals surface area contributed by atoms with Crippen LogP contribution in [0.1, 0.15) is 23.7 Å². The molecule has 1 aromatic heterocycles. The summed E-state index contributed by atoms with van der Waals surface area (Å²) in [7, 11) is 1.36.